The van der Waals surface area contributed by atoms with Crippen LogP contribution in [0.25, 0.3) is 22.0 Å². The fourth-order valence-electron chi connectivity index (χ4n) is 5.58. The van der Waals surface area contributed by atoms with Gasteiger partial charge in [0.1, 0.15) is 0 Å². The van der Waals surface area contributed by atoms with E-state index in [1.807, 2.05) is 48.5 Å². The number of hydrogen-bond acceptors (Lipinski definition) is 8. The number of carbonyl (C=O) groups is 1. The molecule has 0 bridgehead atoms. The van der Waals surface area contributed by atoms with E-state index in [9.17, 15) is 21.6 Å². The van der Waals surface area contributed by atoms with Crippen LogP contribution in [0.2, 0.25) is 0 Å². The minimum Gasteiger partial charge on any atom is -0.422 e. The first-order valence-corrected chi connectivity index (χ1v) is 18.1. The molecule has 0 amide bonds. The summed E-state index contributed by atoms with van der Waals surface area (Å²) in [5.41, 5.74) is 3.22. The molecule has 0 spiro atoms. The largest absolute Gasteiger partial charge is 0.510 e. The first kappa shape index (κ1) is 31.9. The van der Waals surface area contributed by atoms with Gasteiger partial charge in [0.2, 0.25) is 5.06 Å². The van der Waals surface area contributed by atoms with Gasteiger partial charge in [0, 0.05) is 35.6 Å². The third kappa shape index (κ3) is 5.71. The lowest BCUT2D eigenvalue weighted by Gasteiger charge is -2.38. The number of nitrogens with zero attached hydrogens (tertiary/aromatic N) is 1. The second kappa shape index (κ2) is 10.9. The van der Waals surface area contributed by atoms with Crippen LogP contribution < -0.4 is 0 Å². The normalized spacial score (nSPS) is 21.6. The summed E-state index contributed by atoms with van der Waals surface area (Å²) in [6.45, 7) is 6.65. The van der Waals surface area contributed by atoms with E-state index in [-0.39, 0.29) is 4.90 Å². The summed E-state index contributed by atoms with van der Waals surface area (Å²) in [7, 11) is -6.87. The number of alkyl halides is 1. The van der Waals surface area contributed by atoms with Gasteiger partial charge in [0.05, 0.1) is 15.2 Å². The van der Waals surface area contributed by atoms with Crippen molar-refractivity contribution >= 4 is 48.3 Å². The maximum Gasteiger partial charge on any atom is 0.510 e. The minimum atomic E-state index is -3.45. The van der Waals surface area contributed by atoms with Gasteiger partial charge in [0.25, 0.3) is 0 Å². The van der Waals surface area contributed by atoms with E-state index in [0.717, 1.165) is 33.8 Å². The quantitative estimate of drug-likeness (QED) is 0.150. The topological polar surface area (TPSA) is 117 Å². The number of sulfone groups is 2. The zero-order valence-corrected chi connectivity index (χ0v) is 27.7. The number of hydrogen-bond donors (Lipinski definition) is 0. The van der Waals surface area contributed by atoms with Crippen molar-refractivity contribution in [3.8, 4) is 11.1 Å². The van der Waals surface area contributed by atoms with E-state index in [0.29, 0.717) is 17.5 Å². The molecule has 1 fully saturated rings. The molecule has 0 aliphatic carbocycles. The Hall–Kier alpha value is -3.47. The number of benzene rings is 3. The zero-order valence-electron chi connectivity index (χ0n) is 25.3. The molecule has 8 nitrogen and oxygen atoms in total. The van der Waals surface area contributed by atoms with E-state index in [1.54, 1.807) is 46.0 Å². The van der Waals surface area contributed by atoms with E-state index in [1.165, 1.54) is 18.4 Å². The molecule has 1 saturated heterocycles. The molecule has 0 saturated carbocycles. The number of pyridine rings is 1. The Kier molecular flexibility index (Phi) is 7.88. The van der Waals surface area contributed by atoms with Crippen molar-refractivity contribution in [2.75, 3.05) is 12.5 Å². The molecule has 3 aromatic carbocycles. The van der Waals surface area contributed by atoms with Gasteiger partial charge in [0.15, 0.2) is 25.3 Å². The molecule has 5 rings (SSSR count). The summed E-state index contributed by atoms with van der Waals surface area (Å²) in [5, 5.41) is -0.695. The monoisotopic (exact) mass is 655 g/mol. The maximum atomic E-state index is 12.7. The lowest BCUT2D eigenvalue weighted by Crippen LogP contribution is -2.48. The average Bonchev–Trinajstić information content (AvgIpc) is 3.16. The van der Waals surface area contributed by atoms with Crippen molar-refractivity contribution in [2.45, 2.75) is 60.3 Å². The molecule has 1 aliphatic rings. The Morgan fingerprint density at radius 3 is 2.18 bits per heavy atom. The molecule has 3 unspecified atom stereocenters. The Labute approximate surface area is 263 Å². The molecule has 11 heteroatoms. The Morgan fingerprint density at radius 2 is 1.59 bits per heavy atom. The second-order valence-electron chi connectivity index (χ2n) is 12.2. The van der Waals surface area contributed by atoms with Gasteiger partial charge in [-0.2, -0.15) is 0 Å². The van der Waals surface area contributed by atoms with Crippen molar-refractivity contribution in [2.24, 2.45) is 0 Å². The highest BCUT2D eigenvalue weighted by Gasteiger charge is 2.60. The summed E-state index contributed by atoms with van der Waals surface area (Å²) in [6.07, 6.45) is 3.53. The Balaban J connectivity index is 1.64. The SMILES string of the molecule is CC1(Cl)OC(=O)OC1(C)C(Cc1cccc(-c2cc(C(C)(C)S(C)(=O)=O)cc3cccnc23)c1)c1ccc(S(C)(=O)=O)cc1. The van der Waals surface area contributed by atoms with E-state index >= 15 is 0 Å². The van der Waals surface area contributed by atoms with Crippen LogP contribution in [-0.2, 0) is 40.3 Å². The maximum absolute atomic E-state index is 12.7. The molecule has 0 radical (unpaired) electrons. The van der Waals surface area contributed by atoms with Crippen molar-refractivity contribution in [1.29, 1.82) is 0 Å². The van der Waals surface area contributed by atoms with E-state index in [4.69, 9.17) is 21.1 Å². The third-order valence-corrected chi connectivity index (χ3v) is 12.5. The van der Waals surface area contributed by atoms with Gasteiger partial charge in [-0.05, 0) is 86.7 Å². The van der Waals surface area contributed by atoms with Gasteiger partial charge in [-0.15, -0.1) is 0 Å². The predicted octanol–water partition coefficient (Wildman–Crippen LogP) is 6.79. The first-order chi connectivity index (χ1) is 20.3. The van der Waals surface area contributed by atoms with Crippen molar-refractivity contribution in [3.05, 3.63) is 95.7 Å². The number of cyclic esters (lactones) is 2. The standard InChI is InChI=1S/C33H34ClNO7S2/c1-31(2,44(6,39)40)25-19-24-11-8-16-35-29(24)27(20-25)23-10-7-9-21(17-23)18-28(32(3)33(4,34)42-30(36)41-32)22-12-14-26(15-13-22)43(5,37)38/h7-17,19-20,28H,18H2,1-6H3. The summed E-state index contributed by atoms with van der Waals surface area (Å²) in [6, 6.07) is 21.7. The fourth-order valence-corrected chi connectivity index (χ4v) is 6.99. The summed E-state index contributed by atoms with van der Waals surface area (Å²) < 4.78 is 59.7. The molecule has 1 aliphatic heterocycles. The van der Waals surface area contributed by atoms with Gasteiger partial charge >= 0.3 is 6.16 Å². The molecular weight excluding hydrogens is 622 g/mol. The van der Waals surface area contributed by atoms with Crippen molar-refractivity contribution in [1.82, 2.24) is 4.98 Å². The lowest BCUT2D eigenvalue weighted by atomic mass is 9.76. The average molecular weight is 656 g/mol. The van der Waals surface area contributed by atoms with Crippen LogP contribution in [-0.4, -0.2) is 51.1 Å². The summed E-state index contributed by atoms with van der Waals surface area (Å²) in [4.78, 5) is 17.1. The number of ether oxygens (including phenoxy) is 2. The lowest BCUT2D eigenvalue weighted by molar-refractivity contribution is 0.00642. The van der Waals surface area contributed by atoms with Crippen LogP contribution in [0, 0.1) is 0 Å². The van der Waals surface area contributed by atoms with Crippen LogP contribution in [0.4, 0.5) is 4.79 Å². The summed E-state index contributed by atoms with van der Waals surface area (Å²) >= 11 is 6.75. The van der Waals surface area contributed by atoms with Gasteiger partial charge in [-0.3, -0.25) is 4.98 Å². The Morgan fingerprint density at radius 1 is 0.909 bits per heavy atom. The number of aromatic nitrogens is 1. The highest BCUT2D eigenvalue weighted by Crippen LogP contribution is 2.50. The minimum absolute atomic E-state index is 0.164. The smallest absolute Gasteiger partial charge is 0.422 e. The predicted molar refractivity (Wildman–Crippen MR) is 171 cm³/mol. The van der Waals surface area contributed by atoms with Crippen LogP contribution in [0.1, 0.15) is 50.3 Å². The third-order valence-electron chi connectivity index (χ3n) is 8.84. The number of carbonyl (C=O) groups excluding carboxylic acids is 1. The van der Waals surface area contributed by atoms with Gasteiger partial charge in [-0.25, -0.2) is 21.6 Å². The molecule has 1 aromatic heterocycles. The van der Waals surface area contributed by atoms with Crippen LogP contribution in [0.15, 0.2) is 83.9 Å². The van der Waals surface area contributed by atoms with E-state index < -0.39 is 47.2 Å². The van der Waals surface area contributed by atoms with Gasteiger partial charge < -0.3 is 9.47 Å². The molecule has 2 heterocycles. The molecule has 232 valence electrons. The molecular formula is C33H34ClNO7S2. The van der Waals surface area contributed by atoms with Crippen LogP contribution in [0.3, 0.4) is 0 Å². The second-order valence-corrected chi connectivity index (χ2v) is 17.5. The van der Waals surface area contributed by atoms with Crippen LogP contribution in [0.5, 0.6) is 0 Å². The van der Waals surface area contributed by atoms with E-state index in [2.05, 4.69) is 4.98 Å². The highest BCUT2D eigenvalue weighted by atomic mass is 35.5. The molecule has 3 atom stereocenters. The number of halogens is 1. The fraction of sp³-hybridized carbons (Fsp3) is 0.333. The highest BCUT2D eigenvalue weighted by molar-refractivity contribution is 7.91. The summed E-state index contributed by atoms with van der Waals surface area (Å²) in [5.74, 6) is -0.536. The number of rotatable bonds is 8. The first-order valence-electron chi connectivity index (χ1n) is 13.9. The van der Waals surface area contributed by atoms with Crippen LogP contribution >= 0.6 is 11.6 Å². The molecule has 44 heavy (non-hydrogen) atoms. The van der Waals surface area contributed by atoms with Gasteiger partial charge in [-0.1, -0.05) is 54.1 Å². The molecule has 0 N–H and O–H groups in total. The zero-order chi connectivity index (χ0) is 32.3. The van der Waals surface area contributed by atoms with Crippen molar-refractivity contribution < 1.29 is 31.1 Å². The Bertz CT molecular complexity index is 1990. The number of fused-ring (bicyclic) bond motifs is 1. The molecule has 4 aromatic rings. The van der Waals surface area contributed by atoms with Crippen molar-refractivity contribution in [3.63, 3.8) is 0 Å².